The fourth-order valence-electron chi connectivity index (χ4n) is 0.511. The summed E-state index contributed by atoms with van der Waals surface area (Å²) < 4.78 is 12.1. The SMILES string of the molecule is CC/C(N)=C(N)\C=C(/C)F. The molecule has 3 heteroatoms. The van der Waals surface area contributed by atoms with Gasteiger partial charge in [0.15, 0.2) is 0 Å². The van der Waals surface area contributed by atoms with Crippen molar-refractivity contribution in [3.8, 4) is 0 Å². The van der Waals surface area contributed by atoms with Gasteiger partial charge >= 0.3 is 0 Å². The summed E-state index contributed by atoms with van der Waals surface area (Å²) in [6.07, 6.45) is 1.87. The van der Waals surface area contributed by atoms with Crippen molar-refractivity contribution in [3.05, 3.63) is 23.3 Å². The first-order valence-corrected chi connectivity index (χ1v) is 3.15. The van der Waals surface area contributed by atoms with Gasteiger partial charge < -0.3 is 11.5 Å². The maximum Gasteiger partial charge on any atom is 0.0989 e. The highest BCUT2D eigenvalue weighted by atomic mass is 19.1. The van der Waals surface area contributed by atoms with E-state index in [0.717, 1.165) is 0 Å². The average Bonchev–Trinajstić information content (AvgIpc) is 1.85. The minimum Gasteiger partial charge on any atom is -0.400 e. The first-order valence-electron chi connectivity index (χ1n) is 3.15. The summed E-state index contributed by atoms with van der Waals surface area (Å²) in [6.45, 7) is 3.19. The van der Waals surface area contributed by atoms with Crippen molar-refractivity contribution in [2.75, 3.05) is 0 Å². The molecule has 0 heterocycles. The molecule has 0 unspecified atom stereocenters. The Morgan fingerprint density at radius 3 is 2.30 bits per heavy atom. The lowest BCUT2D eigenvalue weighted by molar-refractivity contribution is 0.638. The van der Waals surface area contributed by atoms with Crippen LogP contribution < -0.4 is 11.5 Å². The van der Waals surface area contributed by atoms with Gasteiger partial charge in [-0.05, 0) is 19.4 Å². The standard InChI is InChI=1S/C7H13FN2/c1-3-6(9)7(10)4-5(2)8/h4H,3,9-10H2,1-2H3/b5-4+,7-6-. The van der Waals surface area contributed by atoms with E-state index in [4.69, 9.17) is 11.5 Å². The molecular formula is C7H13FN2. The van der Waals surface area contributed by atoms with Gasteiger partial charge in [0, 0.05) is 5.70 Å². The second kappa shape index (κ2) is 3.93. The maximum absolute atomic E-state index is 12.1. The second-order valence-electron chi connectivity index (χ2n) is 2.07. The Hall–Kier alpha value is -0.990. The number of rotatable bonds is 2. The predicted molar refractivity (Wildman–Crippen MR) is 40.6 cm³/mol. The normalized spacial score (nSPS) is 14.9. The van der Waals surface area contributed by atoms with Gasteiger partial charge in [-0.2, -0.15) is 0 Å². The summed E-state index contributed by atoms with van der Waals surface area (Å²) in [5.74, 6) is -0.325. The molecule has 0 aromatic rings. The van der Waals surface area contributed by atoms with Gasteiger partial charge in [-0.3, -0.25) is 0 Å². The van der Waals surface area contributed by atoms with Gasteiger partial charge in [0.1, 0.15) is 0 Å². The van der Waals surface area contributed by atoms with Crippen LogP contribution in [0.1, 0.15) is 20.3 Å². The number of hydrogen-bond acceptors (Lipinski definition) is 2. The van der Waals surface area contributed by atoms with Crippen LogP contribution in [0.15, 0.2) is 23.3 Å². The van der Waals surface area contributed by atoms with Crippen molar-refractivity contribution in [1.82, 2.24) is 0 Å². The van der Waals surface area contributed by atoms with E-state index in [1.165, 1.54) is 13.0 Å². The first kappa shape index (κ1) is 9.01. The molecule has 0 saturated heterocycles. The minimum atomic E-state index is -0.325. The molecule has 0 saturated carbocycles. The van der Waals surface area contributed by atoms with Gasteiger partial charge in [0.25, 0.3) is 0 Å². The molecule has 0 aromatic carbocycles. The lowest BCUT2D eigenvalue weighted by atomic mass is 10.2. The largest absolute Gasteiger partial charge is 0.400 e. The zero-order chi connectivity index (χ0) is 8.15. The summed E-state index contributed by atoms with van der Waals surface area (Å²) in [6, 6.07) is 0. The van der Waals surface area contributed by atoms with Crippen LogP contribution in [-0.2, 0) is 0 Å². The van der Waals surface area contributed by atoms with Gasteiger partial charge in [0.2, 0.25) is 0 Å². The lowest BCUT2D eigenvalue weighted by Gasteiger charge is -1.98. The highest BCUT2D eigenvalue weighted by Gasteiger charge is 1.92. The van der Waals surface area contributed by atoms with Crippen molar-refractivity contribution in [2.45, 2.75) is 20.3 Å². The molecule has 0 spiro atoms. The summed E-state index contributed by atoms with van der Waals surface area (Å²) in [4.78, 5) is 0. The van der Waals surface area contributed by atoms with Crippen LogP contribution in [0.25, 0.3) is 0 Å². The third-order valence-electron chi connectivity index (χ3n) is 1.11. The molecule has 10 heavy (non-hydrogen) atoms. The molecule has 2 nitrogen and oxygen atoms in total. The third kappa shape index (κ3) is 3.12. The molecule has 0 aromatic heterocycles. The lowest BCUT2D eigenvalue weighted by Crippen LogP contribution is -2.06. The van der Waals surface area contributed by atoms with E-state index in [1.54, 1.807) is 0 Å². The van der Waals surface area contributed by atoms with Crippen LogP contribution in [0, 0.1) is 0 Å². The number of nitrogens with two attached hydrogens (primary N) is 2. The van der Waals surface area contributed by atoms with Crippen molar-refractivity contribution < 1.29 is 4.39 Å². The van der Waals surface area contributed by atoms with Crippen LogP contribution in [0.3, 0.4) is 0 Å². The Bertz CT molecular complexity index is 166. The van der Waals surface area contributed by atoms with Crippen LogP contribution >= 0.6 is 0 Å². The van der Waals surface area contributed by atoms with Crippen LogP contribution in [0.2, 0.25) is 0 Å². The Kier molecular flexibility index (Phi) is 3.54. The summed E-state index contributed by atoms with van der Waals surface area (Å²) >= 11 is 0. The van der Waals surface area contributed by atoms with E-state index in [9.17, 15) is 4.39 Å². The molecule has 0 fully saturated rings. The Morgan fingerprint density at radius 2 is 2.00 bits per heavy atom. The third-order valence-corrected chi connectivity index (χ3v) is 1.11. The zero-order valence-corrected chi connectivity index (χ0v) is 6.32. The molecule has 0 amide bonds. The van der Waals surface area contributed by atoms with Gasteiger partial charge in [-0.1, -0.05) is 6.92 Å². The van der Waals surface area contributed by atoms with Crippen molar-refractivity contribution in [3.63, 3.8) is 0 Å². The predicted octanol–water partition coefficient (Wildman–Crippen LogP) is 1.40. The van der Waals surface area contributed by atoms with E-state index < -0.39 is 0 Å². The molecule has 4 N–H and O–H groups in total. The summed E-state index contributed by atoms with van der Waals surface area (Å²) in [5.41, 5.74) is 11.6. The van der Waals surface area contributed by atoms with Crippen molar-refractivity contribution >= 4 is 0 Å². The van der Waals surface area contributed by atoms with E-state index in [0.29, 0.717) is 17.8 Å². The average molecular weight is 144 g/mol. The van der Waals surface area contributed by atoms with Crippen LogP contribution in [-0.4, -0.2) is 0 Å². The summed E-state index contributed by atoms with van der Waals surface area (Å²) in [5, 5.41) is 0. The fourth-order valence-corrected chi connectivity index (χ4v) is 0.511. The Morgan fingerprint density at radius 1 is 1.50 bits per heavy atom. The van der Waals surface area contributed by atoms with Crippen molar-refractivity contribution in [2.24, 2.45) is 11.5 Å². The van der Waals surface area contributed by atoms with E-state index in [2.05, 4.69) is 0 Å². The molecule has 0 bridgehead atoms. The topological polar surface area (TPSA) is 52.0 Å². The molecule has 0 rings (SSSR count). The monoisotopic (exact) mass is 144 g/mol. The number of hydrogen-bond donors (Lipinski definition) is 2. The van der Waals surface area contributed by atoms with E-state index in [-0.39, 0.29) is 5.83 Å². The van der Waals surface area contributed by atoms with Gasteiger partial charge in [0.05, 0.1) is 11.5 Å². The smallest absolute Gasteiger partial charge is 0.0989 e. The van der Waals surface area contributed by atoms with E-state index >= 15 is 0 Å². The molecular weight excluding hydrogens is 131 g/mol. The number of halogens is 1. The second-order valence-corrected chi connectivity index (χ2v) is 2.07. The van der Waals surface area contributed by atoms with Gasteiger partial charge in [-0.15, -0.1) is 0 Å². The number of allylic oxidation sites excluding steroid dienone is 3. The van der Waals surface area contributed by atoms with Crippen LogP contribution in [0.5, 0.6) is 0 Å². The quantitative estimate of drug-likeness (QED) is 0.575. The van der Waals surface area contributed by atoms with Crippen molar-refractivity contribution in [1.29, 1.82) is 0 Å². The first-order chi connectivity index (χ1) is 4.57. The molecule has 58 valence electrons. The molecule has 0 aliphatic heterocycles. The Labute approximate surface area is 60.4 Å². The van der Waals surface area contributed by atoms with Gasteiger partial charge in [-0.25, -0.2) is 4.39 Å². The minimum absolute atomic E-state index is 0.322. The molecule has 0 aliphatic rings. The Balaban J connectivity index is 4.33. The van der Waals surface area contributed by atoms with E-state index in [1.807, 2.05) is 6.92 Å². The molecule has 0 radical (unpaired) electrons. The highest BCUT2D eigenvalue weighted by molar-refractivity contribution is 5.21. The molecule has 0 atom stereocenters. The zero-order valence-electron chi connectivity index (χ0n) is 6.32. The van der Waals surface area contributed by atoms with Crippen LogP contribution in [0.4, 0.5) is 4.39 Å². The maximum atomic E-state index is 12.1. The molecule has 0 aliphatic carbocycles. The summed E-state index contributed by atoms with van der Waals surface area (Å²) in [7, 11) is 0. The highest BCUT2D eigenvalue weighted by Crippen LogP contribution is 2.02. The fraction of sp³-hybridized carbons (Fsp3) is 0.429.